The molecule has 2 atom stereocenters. The van der Waals surface area contributed by atoms with Crippen molar-refractivity contribution >= 4 is 18.0 Å². The predicted molar refractivity (Wildman–Crippen MR) is 106 cm³/mol. The number of amides is 2. The molecule has 2 aromatic carbocycles. The lowest BCUT2D eigenvalue weighted by Gasteiger charge is -2.22. The van der Waals surface area contributed by atoms with E-state index < -0.39 is 29.9 Å². The van der Waals surface area contributed by atoms with E-state index in [2.05, 4.69) is 5.32 Å². The zero-order valence-electron chi connectivity index (χ0n) is 16.2. The first-order valence-electron chi connectivity index (χ1n) is 9.16. The molecule has 0 aliphatic carbocycles. The fourth-order valence-electron chi connectivity index (χ4n) is 2.54. The Morgan fingerprint density at radius 1 is 0.900 bits per heavy atom. The van der Waals surface area contributed by atoms with E-state index in [-0.39, 0.29) is 26.6 Å². The van der Waals surface area contributed by atoms with Gasteiger partial charge in [-0.05, 0) is 11.1 Å². The van der Waals surface area contributed by atoms with E-state index in [1.165, 1.54) is 0 Å². The Balaban J connectivity index is 1.82. The number of rotatable bonds is 12. The summed E-state index contributed by atoms with van der Waals surface area (Å²) in [5, 5.41) is 11.6. The number of alkyl carbamates (subject to hydrolysis) is 1. The molecular formula is C21H24N2O7. The summed E-state index contributed by atoms with van der Waals surface area (Å²) in [6, 6.07) is 16.6. The normalized spacial score (nSPS) is 12.5. The molecule has 2 aromatic rings. The zero-order valence-corrected chi connectivity index (χ0v) is 16.2. The lowest BCUT2D eigenvalue weighted by Crippen LogP contribution is -2.52. The molecule has 30 heavy (non-hydrogen) atoms. The Kier molecular flexibility index (Phi) is 9.29. The summed E-state index contributed by atoms with van der Waals surface area (Å²) in [4.78, 5) is 35.3. The van der Waals surface area contributed by atoms with Crippen molar-refractivity contribution in [2.24, 2.45) is 11.7 Å². The Hall–Kier alpha value is -3.43. The number of primary amides is 1. The predicted octanol–water partition coefficient (Wildman–Crippen LogP) is 1.66. The molecular weight excluding hydrogens is 392 g/mol. The summed E-state index contributed by atoms with van der Waals surface area (Å²) in [5.41, 5.74) is 6.96. The van der Waals surface area contributed by atoms with Crippen LogP contribution in [0.15, 0.2) is 60.7 Å². The SMILES string of the molecule is NC(=O)[C@@H](COCOCc1ccccc1)[C@H](NC(=O)OCc1ccccc1)C(=O)O. The average Bonchev–Trinajstić information content (AvgIpc) is 2.74. The average molecular weight is 416 g/mol. The molecule has 0 heterocycles. The van der Waals surface area contributed by atoms with Crippen LogP contribution in [0.1, 0.15) is 11.1 Å². The summed E-state index contributed by atoms with van der Waals surface area (Å²) in [6.45, 7) is -0.290. The molecule has 0 unspecified atom stereocenters. The Morgan fingerprint density at radius 2 is 1.47 bits per heavy atom. The minimum absolute atomic E-state index is 0.0515. The highest BCUT2D eigenvalue weighted by atomic mass is 16.7. The summed E-state index contributed by atoms with van der Waals surface area (Å²) < 4.78 is 15.6. The maximum absolute atomic E-state index is 12.0. The Bertz CT molecular complexity index is 815. The van der Waals surface area contributed by atoms with Crippen LogP contribution < -0.4 is 11.1 Å². The van der Waals surface area contributed by atoms with Gasteiger partial charge in [-0.1, -0.05) is 60.7 Å². The lowest BCUT2D eigenvalue weighted by molar-refractivity contribution is -0.146. The van der Waals surface area contributed by atoms with Gasteiger partial charge in [0.25, 0.3) is 0 Å². The van der Waals surface area contributed by atoms with Crippen LogP contribution in [-0.4, -0.2) is 42.5 Å². The molecule has 0 radical (unpaired) electrons. The Labute approximate surface area is 173 Å². The fourth-order valence-corrected chi connectivity index (χ4v) is 2.54. The van der Waals surface area contributed by atoms with Crippen LogP contribution >= 0.6 is 0 Å². The molecule has 0 spiro atoms. The van der Waals surface area contributed by atoms with E-state index in [1.807, 2.05) is 36.4 Å². The van der Waals surface area contributed by atoms with Crippen molar-refractivity contribution < 1.29 is 33.7 Å². The van der Waals surface area contributed by atoms with Crippen LogP contribution in [0.2, 0.25) is 0 Å². The molecule has 160 valence electrons. The van der Waals surface area contributed by atoms with Gasteiger partial charge in [0.05, 0.1) is 19.1 Å². The van der Waals surface area contributed by atoms with E-state index >= 15 is 0 Å². The van der Waals surface area contributed by atoms with Crippen molar-refractivity contribution in [1.82, 2.24) is 5.32 Å². The van der Waals surface area contributed by atoms with Gasteiger partial charge in [0.15, 0.2) is 0 Å². The molecule has 2 rings (SSSR count). The number of ether oxygens (including phenoxy) is 3. The van der Waals surface area contributed by atoms with Crippen LogP contribution in [0, 0.1) is 5.92 Å². The van der Waals surface area contributed by atoms with E-state index in [9.17, 15) is 19.5 Å². The van der Waals surface area contributed by atoms with Crippen molar-refractivity contribution in [3.8, 4) is 0 Å². The number of carbonyl (C=O) groups is 3. The summed E-state index contributed by atoms with van der Waals surface area (Å²) in [6.07, 6.45) is -0.988. The number of nitrogens with one attached hydrogen (secondary N) is 1. The van der Waals surface area contributed by atoms with Crippen LogP contribution in [0.5, 0.6) is 0 Å². The number of carboxylic acid groups (broad SMARTS) is 1. The summed E-state index contributed by atoms with van der Waals surface area (Å²) >= 11 is 0. The molecule has 0 saturated carbocycles. The van der Waals surface area contributed by atoms with Crippen LogP contribution in [0.4, 0.5) is 4.79 Å². The molecule has 0 bridgehead atoms. The standard InChI is InChI=1S/C21H24N2O7/c22-19(24)17(13-29-14-28-11-15-7-3-1-4-8-15)18(20(25)26)23-21(27)30-12-16-9-5-2-6-10-16/h1-10,17-18H,11-14H2,(H2,22,24)(H,23,27)(H,25,26)/t17-,18-/m0/s1. The number of aliphatic carboxylic acids is 1. The second-order valence-electron chi connectivity index (χ2n) is 6.35. The quantitative estimate of drug-likeness (QED) is 0.353. The lowest BCUT2D eigenvalue weighted by atomic mass is 10.0. The van der Waals surface area contributed by atoms with E-state index in [0.717, 1.165) is 11.1 Å². The molecule has 0 aliphatic heterocycles. The molecule has 2 amide bonds. The topological polar surface area (TPSA) is 137 Å². The third-order valence-corrected chi connectivity index (χ3v) is 4.10. The first-order chi connectivity index (χ1) is 14.5. The van der Waals surface area contributed by atoms with Gasteiger partial charge in [0.1, 0.15) is 19.4 Å². The molecule has 0 saturated heterocycles. The second kappa shape index (κ2) is 12.2. The third-order valence-electron chi connectivity index (χ3n) is 4.10. The smallest absolute Gasteiger partial charge is 0.408 e. The van der Waals surface area contributed by atoms with Crippen molar-refractivity contribution in [2.75, 3.05) is 13.4 Å². The summed E-state index contributed by atoms with van der Waals surface area (Å²) in [7, 11) is 0. The number of benzene rings is 2. The van der Waals surface area contributed by atoms with Crippen LogP contribution in [0.25, 0.3) is 0 Å². The van der Waals surface area contributed by atoms with Gasteiger partial charge in [-0.25, -0.2) is 9.59 Å². The number of nitrogens with two attached hydrogens (primary N) is 1. The van der Waals surface area contributed by atoms with Gasteiger partial charge < -0.3 is 30.4 Å². The largest absolute Gasteiger partial charge is 0.480 e. The summed E-state index contributed by atoms with van der Waals surface area (Å²) in [5.74, 6) is -3.69. The van der Waals surface area contributed by atoms with Gasteiger partial charge in [0, 0.05) is 0 Å². The monoisotopic (exact) mass is 416 g/mol. The highest BCUT2D eigenvalue weighted by Gasteiger charge is 2.34. The highest BCUT2D eigenvalue weighted by Crippen LogP contribution is 2.08. The van der Waals surface area contributed by atoms with Crippen molar-refractivity contribution in [3.63, 3.8) is 0 Å². The van der Waals surface area contributed by atoms with Crippen molar-refractivity contribution in [2.45, 2.75) is 19.3 Å². The van der Waals surface area contributed by atoms with E-state index in [4.69, 9.17) is 19.9 Å². The van der Waals surface area contributed by atoms with E-state index in [0.29, 0.717) is 0 Å². The fraction of sp³-hybridized carbons (Fsp3) is 0.286. The van der Waals surface area contributed by atoms with Crippen molar-refractivity contribution in [3.05, 3.63) is 71.8 Å². The molecule has 0 fully saturated rings. The number of carbonyl (C=O) groups excluding carboxylic acids is 2. The maximum atomic E-state index is 12.0. The minimum Gasteiger partial charge on any atom is -0.480 e. The molecule has 4 N–H and O–H groups in total. The maximum Gasteiger partial charge on any atom is 0.408 e. The Morgan fingerprint density at radius 3 is 2.00 bits per heavy atom. The van der Waals surface area contributed by atoms with Gasteiger partial charge in [0.2, 0.25) is 5.91 Å². The molecule has 9 heteroatoms. The number of hydrogen-bond acceptors (Lipinski definition) is 6. The van der Waals surface area contributed by atoms with Gasteiger partial charge in [-0.2, -0.15) is 0 Å². The second-order valence-corrected chi connectivity index (χ2v) is 6.35. The number of hydrogen-bond donors (Lipinski definition) is 3. The van der Waals surface area contributed by atoms with Crippen molar-refractivity contribution in [1.29, 1.82) is 0 Å². The number of carboxylic acids is 1. The van der Waals surface area contributed by atoms with Gasteiger partial charge >= 0.3 is 12.1 Å². The first-order valence-corrected chi connectivity index (χ1v) is 9.16. The highest BCUT2D eigenvalue weighted by molar-refractivity contribution is 5.88. The first kappa shape index (κ1) is 22.9. The van der Waals surface area contributed by atoms with Crippen LogP contribution in [0.3, 0.4) is 0 Å². The van der Waals surface area contributed by atoms with Gasteiger partial charge in [-0.15, -0.1) is 0 Å². The molecule has 9 nitrogen and oxygen atoms in total. The molecule has 0 aliphatic rings. The van der Waals surface area contributed by atoms with E-state index in [1.54, 1.807) is 24.3 Å². The van der Waals surface area contributed by atoms with Crippen LogP contribution in [-0.2, 0) is 37.0 Å². The third kappa shape index (κ3) is 7.90. The molecule has 0 aromatic heterocycles. The zero-order chi connectivity index (χ0) is 21.8. The van der Waals surface area contributed by atoms with Gasteiger partial charge in [-0.3, -0.25) is 4.79 Å². The minimum atomic E-state index is -1.61.